The van der Waals surface area contributed by atoms with Gasteiger partial charge < -0.3 is 18.9 Å². The lowest BCUT2D eigenvalue weighted by Crippen LogP contribution is -2.38. The van der Waals surface area contributed by atoms with E-state index in [9.17, 15) is 9.59 Å². The Hall–Kier alpha value is -1.40. The van der Waals surface area contributed by atoms with Crippen LogP contribution in [0, 0.1) is 17.8 Å². The van der Waals surface area contributed by atoms with E-state index in [0.29, 0.717) is 19.6 Å². The van der Waals surface area contributed by atoms with Crippen LogP contribution in [0.2, 0.25) is 0 Å². The van der Waals surface area contributed by atoms with Crippen molar-refractivity contribution in [2.75, 3.05) is 26.4 Å². The quantitative estimate of drug-likeness (QED) is 0.408. The van der Waals surface area contributed by atoms with E-state index in [1.807, 2.05) is 19.1 Å². The van der Waals surface area contributed by atoms with Crippen LogP contribution in [-0.2, 0) is 28.5 Å². The van der Waals surface area contributed by atoms with Gasteiger partial charge in [-0.2, -0.15) is 0 Å². The van der Waals surface area contributed by atoms with Crippen LogP contribution in [0.3, 0.4) is 0 Å². The Kier molecular flexibility index (Phi) is 4.26. The summed E-state index contributed by atoms with van der Waals surface area (Å²) in [5.74, 6) is -1.68. The van der Waals surface area contributed by atoms with Crippen molar-refractivity contribution >= 4 is 11.9 Å². The summed E-state index contributed by atoms with van der Waals surface area (Å²) in [6.45, 7) is 3.73. The minimum Gasteiger partial charge on any atom is -0.463 e. The average molecular weight is 296 g/mol. The number of esters is 2. The molecule has 3 aliphatic rings. The van der Waals surface area contributed by atoms with Gasteiger partial charge in [-0.15, -0.1) is 0 Å². The largest absolute Gasteiger partial charge is 0.463 e. The molecule has 6 heteroatoms. The molecule has 2 aliphatic heterocycles. The van der Waals surface area contributed by atoms with E-state index in [0.717, 1.165) is 0 Å². The maximum atomic E-state index is 12.3. The van der Waals surface area contributed by atoms with Gasteiger partial charge in [0.1, 0.15) is 25.4 Å². The molecule has 0 spiro atoms. The van der Waals surface area contributed by atoms with Gasteiger partial charge in [0, 0.05) is 0 Å². The number of carbonyl (C=O) groups is 2. The van der Waals surface area contributed by atoms with Crippen LogP contribution < -0.4 is 0 Å². The summed E-state index contributed by atoms with van der Waals surface area (Å²) in [4.78, 5) is 24.5. The average Bonchev–Trinajstić information content (AvgIpc) is 3.36. The molecule has 0 radical (unpaired) electrons. The van der Waals surface area contributed by atoms with Crippen molar-refractivity contribution < 1.29 is 28.5 Å². The van der Waals surface area contributed by atoms with Crippen molar-refractivity contribution in [3.63, 3.8) is 0 Å². The van der Waals surface area contributed by atoms with Crippen molar-refractivity contribution in [3.8, 4) is 0 Å². The van der Waals surface area contributed by atoms with E-state index in [1.54, 1.807) is 0 Å². The lowest BCUT2D eigenvalue weighted by molar-refractivity contribution is -0.163. The van der Waals surface area contributed by atoms with Crippen LogP contribution in [0.5, 0.6) is 0 Å². The number of ether oxygens (including phenoxy) is 4. The van der Waals surface area contributed by atoms with Crippen molar-refractivity contribution in [1.29, 1.82) is 0 Å². The lowest BCUT2D eigenvalue weighted by Gasteiger charge is -2.29. The second-order valence-electron chi connectivity index (χ2n) is 5.83. The molecule has 2 heterocycles. The van der Waals surface area contributed by atoms with Gasteiger partial charge in [-0.3, -0.25) is 9.59 Å². The molecule has 3 rings (SSSR count). The molecule has 0 saturated carbocycles. The number of rotatable bonds is 6. The molecular weight excluding hydrogens is 276 g/mol. The molecule has 2 fully saturated rings. The van der Waals surface area contributed by atoms with E-state index in [4.69, 9.17) is 18.9 Å². The second-order valence-corrected chi connectivity index (χ2v) is 5.83. The van der Waals surface area contributed by atoms with Crippen molar-refractivity contribution in [2.24, 2.45) is 17.8 Å². The van der Waals surface area contributed by atoms with Crippen LogP contribution in [0.25, 0.3) is 0 Å². The standard InChI is InChI=1S/C15H20O6/c1-9-3-2-4-12(14(16)20-7-10-5-18-10)13(9)15(17)21-8-11-6-19-11/h2-3,9-13H,4-8H2,1H3. The summed E-state index contributed by atoms with van der Waals surface area (Å²) in [6.07, 6.45) is 4.45. The highest BCUT2D eigenvalue weighted by atomic mass is 16.6. The Bertz CT molecular complexity index is 437. The van der Waals surface area contributed by atoms with E-state index < -0.39 is 11.8 Å². The molecular formula is C15H20O6. The van der Waals surface area contributed by atoms with Gasteiger partial charge in [-0.25, -0.2) is 0 Å². The summed E-state index contributed by atoms with van der Waals surface area (Å²) in [6, 6.07) is 0. The summed E-state index contributed by atoms with van der Waals surface area (Å²) >= 11 is 0. The van der Waals surface area contributed by atoms with Crippen LogP contribution in [0.1, 0.15) is 13.3 Å². The van der Waals surface area contributed by atoms with E-state index in [2.05, 4.69) is 0 Å². The molecule has 0 amide bonds. The lowest BCUT2D eigenvalue weighted by atomic mass is 9.76. The monoisotopic (exact) mass is 296 g/mol. The fraction of sp³-hybridized carbons (Fsp3) is 0.733. The zero-order valence-corrected chi connectivity index (χ0v) is 12.0. The third kappa shape index (κ3) is 3.83. The first-order chi connectivity index (χ1) is 10.1. The van der Waals surface area contributed by atoms with Gasteiger partial charge in [-0.1, -0.05) is 19.1 Å². The molecule has 6 nitrogen and oxygen atoms in total. The Morgan fingerprint density at radius 1 is 1.10 bits per heavy atom. The molecule has 2 saturated heterocycles. The zero-order valence-electron chi connectivity index (χ0n) is 12.0. The molecule has 0 aromatic carbocycles. The third-order valence-corrected chi connectivity index (χ3v) is 4.03. The zero-order chi connectivity index (χ0) is 14.8. The first-order valence-electron chi connectivity index (χ1n) is 7.38. The molecule has 0 aromatic rings. The van der Waals surface area contributed by atoms with Crippen molar-refractivity contribution in [2.45, 2.75) is 25.6 Å². The van der Waals surface area contributed by atoms with Gasteiger partial charge in [0.2, 0.25) is 0 Å². The Balaban J connectivity index is 1.58. The van der Waals surface area contributed by atoms with Crippen LogP contribution >= 0.6 is 0 Å². The topological polar surface area (TPSA) is 77.7 Å². The van der Waals surface area contributed by atoms with Gasteiger partial charge in [0.05, 0.1) is 25.0 Å². The second kappa shape index (κ2) is 6.15. The predicted octanol–water partition coefficient (Wildman–Crippen LogP) is 0.699. The van der Waals surface area contributed by atoms with Gasteiger partial charge in [0.15, 0.2) is 0 Å². The van der Waals surface area contributed by atoms with Gasteiger partial charge >= 0.3 is 11.9 Å². The first-order valence-corrected chi connectivity index (χ1v) is 7.38. The number of carbonyl (C=O) groups excluding carboxylic acids is 2. The van der Waals surface area contributed by atoms with E-state index >= 15 is 0 Å². The maximum absolute atomic E-state index is 12.3. The normalized spacial score (nSPS) is 36.9. The fourth-order valence-corrected chi connectivity index (χ4v) is 2.58. The Morgan fingerprint density at radius 2 is 1.67 bits per heavy atom. The van der Waals surface area contributed by atoms with E-state index in [1.165, 1.54) is 0 Å². The summed E-state index contributed by atoms with van der Waals surface area (Å²) in [5, 5.41) is 0. The minimum absolute atomic E-state index is 0.0285. The predicted molar refractivity (Wildman–Crippen MR) is 71.3 cm³/mol. The van der Waals surface area contributed by atoms with Crippen molar-refractivity contribution in [3.05, 3.63) is 12.2 Å². The smallest absolute Gasteiger partial charge is 0.310 e. The maximum Gasteiger partial charge on any atom is 0.310 e. The summed E-state index contributed by atoms with van der Waals surface area (Å²) < 4.78 is 20.5. The van der Waals surface area contributed by atoms with Crippen molar-refractivity contribution in [1.82, 2.24) is 0 Å². The van der Waals surface area contributed by atoms with Crippen LogP contribution in [0.4, 0.5) is 0 Å². The fourth-order valence-electron chi connectivity index (χ4n) is 2.58. The SMILES string of the molecule is CC1C=CCC(C(=O)OCC2CO2)C1C(=O)OCC1CO1. The number of hydrogen-bond donors (Lipinski definition) is 0. The number of allylic oxidation sites excluding steroid dienone is 2. The Labute approximate surface area is 123 Å². The molecule has 0 bridgehead atoms. The molecule has 5 unspecified atom stereocenters. The summed E-state index contributed by atoms with van der Waals surface area (Å²) in [5.41, 5.74) is 0. The molecule has 0 N–H and O–H groups in total. The molecule has 1 aliphatic carbocycles. The number of hydrogen-bond acceptors (Lipinski definition) is 6. The molecule has 0 aromatic heterocycles. The third-order valence-electron chi connectivity index (χ3n) is 4.03. The highest BCUT2D eigenvalue weighted by Crippen LogP contribution is 2.32. The first kappa shape index (κ1) is 14.5. The molecule has 116 valence electrons. The highest BCUT2D eigenvalue weighted by Gasteiger charge is 2.41. The molecule has 21 heavy (non-hydrogen) atoms. The van der Waals surface area contributed by atoms with E-state index in [-0.39, 0.29) is 43.3 Å². The Morgan fingerprint density at radius 3 is 2.24 bits per heavy atom. The highest BCUT2D eigenvalue weighted by molar-refractivity contribution is 5.83. The van der Waals surface area contributed by atoms with Crippen LogP contribution in [0.15, 0.2) is 12.2 Å². The molecule has 5 atom stereocenters. The number of epoxide rings is 2. The van der Waals surface area contributed by atoms with Gasteiger partial charge in [-0.05, 0) is 12.3 Å². The summed E-state index contributed by atoms with van der Waals surface area (Å²) in [7, 11) is 0. The van der Waals surface area contributed by atoms with Crippen LogP contribution in [-0.4, -0.2) is 50.6 Å². The minimum atomic E-state index is -0.485. The van der Waals surface area contributed by atoms with Gasteiger partial charge in [0.25, 0.3) is 0 Å².